The lowest BCUT2D eigenvalue weighted by Crippen LogP contribution is -2.44. The minimum Gasteiger partial charge on any atom is -0.491 e. The Morgan fingerprint density at radius 3 is 2.43 bits per heavy atom. The van der Waals surface area contributed by atoms with Crippen LogP contribution in [0.3, 0.4) is 0 Å². The van der Waals surface area contributed by atoms with Crippen molar-refractivity contribution in [2.24, 2.45) is 5.92 Å². The van der Waals surface area contributed by atoms with E-state index in [4.69, 9.17) is 49.0 Å². The number of nitrogens with one attached hydrogen (secondary N) is 1. The van der Waals surface area contributed by atoms with Gasteiger partial charge in [0.05, 0.1) is 52.1 Å². The lowest BCUT2D eigenvalue weighted by atomic mass is 9.78. The molecule has 1 amide bonds. The monoisotopic (exact) mass is 554 g/mol. The van der Waals surface area contributed by atoms with Gasteiger partial charge < -0.3 is 19.5 Å². The number of hydrogen-bond donors (Lipinski definition) is 1. The number of allylic oxidation sites excluding steroid dienone is 1. The second-order valence-corrected chi connectivity index (χ2v) is 9.52. The number of hydrogen-bond acceptors (Lipinski definition) is 7. The normalized spacial score (nSPS) is 17.4. The van der Waals surface area contributed by atoms with Crippen LogP contribution in [-0.2, 0) is 14.3 Å². The molecule has 0 saturated heterocycles. The Kier molecular flexibility index (Phi) is 9.58. The van der Waals surface area contributed by atoms with Crippen LogP contribution in [0.1, 0.15) is 18.4 Å². The number of ether oxygens (including phenoxy) is 3. The Labute approximate surface area is 222 Å². The molecule has 0 aliphatic carbocycles. The fraction of sp³-hybridized carbons (Fsp3) is 0.292. The van der Waals surface area contributed by atoms with Crippen molar-refractivity contribution in [1.82, 2.24) is 5.32 Å². The summed E-state index contributed by atoms with van der Waals surface area (Å²) in [6.45, 7) is 2.39. The van der Waals surface area contributed by atoms with E-state index >= 15 is 0 Å². The molecule has 2 aromatic rings. The minimum absolute atomic E-state index is 0.180. The molecule has 1 N–H and O–H groups in total. The number of carbonyl (C=O) groups excluding carboxylic acids is 2. The summed E-state index contributed by atoms with van der Waals surface area (Å²) in [4.78, 5) is 25.6. The number of amides is 1. The van der Waals surface area contributed by atoms with E-state index in [1.165, 1.54) is 31.0 Å². The van der Waals surface area contributed by atoms with Gasteiger partial charge in [-0.15, -0.1) is 11.8 Å². The quantitative estimate of drug-likeness (QED) is 0.244. The maximum atomic E-state index is 13.0. The molecule has 0 fully saturated rings. The molecule has 1 heterocycles. The average molecular weight is 556 g/mol. The number of nitrogens with zero attached hydrogens (tertiary/aromatic N) is 1. The molecular weight excluding hydrogens is 535 g/mol. The molecule has 7 nitrogen and oxygen atoms in total. The topological polar surface area (TPSA) is 97.6 Å². The predicted molar refractivity (Wildman–Crippen MR) is 136 cm³/mol. The van der Waals surface area contributed by atoms with E-state index in [2.05, 4.69) is 11.4 Å². The van der Waals surface area contributed by atoms with Gasteiger partial charge >= 0.3 is 5.97 Å². The molecule has 1 aliphatic heterocycles. The first-order valence-electron chi connectivity index (χ1n) is 10.5. The third-order valence-corrected chi connectivity index (χ3v) is 6.93. The van der Waals surface area contributed by atoms with Crippen LogP contribution in [0, 0.1) is 17.2 Å². The van der Waals surface area contributed by atoms with Gasteiger partial charge in [0.25, 0.3) is 0 Å². The fourth-order valence-corrected chi connectivity index (χ4v) is 5.25. The zero-order chi connectivity index (χ0) is 25.5. The number of nitriles is 1. The van der Waals surface area contributed by atoms with Gasteiger partial charge in [-0.05, 0) is 36.8 Å². The summed E-state index contributed by atoms with van der Waals surface area (Å²) >= 11 is 20.1. The first kappa shape index (κ1) is 27.0. The Morgan fingerprint density at radius 1 is 1.14 bits per heavy atom. The van der Waals surface area contributed by atoms with Crippen LogP contribution < -0.4 is 14.8 Å². The first-order valence-corrected chi connectivity index (χ1v) is 12.6. The number of thioether (sulfide) groups is 1. The molecule has 3 rings (SSSR count). The SMILES string of the molecule is CCOc1c(Cl)cc([C@@H]2C(C#N)=C(SCCOc3ccccc3Cl)NC(=O)[C@@H]2C(=O)OC)cc1Cl. The van der Waals surface area contributed by atoms with Crippen molar-refractivity contribution in [2.75, 3.05) is 26.1 Å². The fourth-order valence-electron chi connectivity index (χ4n) is 3.58. The molecule has 0 saturated carbocycles. The molecule has 35 heavy (non-hydrogen) atoms. The summed E-state index contributed by atoms with van der Waals surface area (Å²) in [6.07, 6.45) is 0. The number of esters is 1. The minimum atomic E-state index is -1.30. The van der Waals surface area contributed by atoms with E-state index in [9.17, 15) is 14.9 Å². The van der Waals surface area contributed by atoms with E-state index in [0.717, 1.165) is 0 Å². The standard InChI is InChI=1S/C24H21Cl3N2O5S/c1-3-33-21-16(26)10-13(11-17(21)27)19-14(12-28)23(29-22(30)20(19)24(31)32-2)35-9-8-34-18-7-5-4-6-15(18)25/h4-7,10-11,19-20H,3,8-9H2,1-2H3,(H,29,30)/t19-,20-/m1/s1. The highest BCUT2D eigenvalue weighted by molar-refractivity contribution is 8.03. The predicted octanol–water partition coefficient (Wildman–Crippen LogP) is 5.60. The van der Waals surface area contributed by atoms with Crippen molar-refractivity contribution in [3.8, 4) is 17.6 Å². The Morgan fingerprint density at radius 2 is 1.83 bits per heavy atom. The van der Waals surface area contributed by atoms with E-state index in [1.54, 1.807) is 31.2 Å². The summed E-state index contributed by atoms with van der Waals surface area (Å²) in [7, 11) is 1.18. The van der Waals surface area contributed by atoms with E-state index in [0.29, 0.717) is 33.7 Å². The molecule has 184 valence electrons. The highest BCUT2D eigenvalue weighted by Crippen LogP contribution is 2.44. The summed E-state index contributed by atoms with van der Waals surface area (Å²) < 4.78 is 16.0. The van der Waals surface area contributed by atoms with Crippen LogP contribution in [-0.4, -0.2) is 38.0 Å². The lowest BCUT2D eigenvalue weighted by molar-refractivity contribution is -0.150. The van der Waals surface area contributed by atoms with Gasteiger partial charge in [-0.2, -0.15) is 5.26 Å². The van der Waals surface area contributed by atoms with Gasteiger partial charge in [0.15, 0.2) is 5.75 Å². The largest absolute Gasteiger partial charge is 0.491 e. The summed E-state index contributed by atoms with van der Waals surface area (Å²) in [5, 5.41) is 13.9. The molecule has 0 bridgehead atoms. The highest BCUT2D eigenvalue weighted by atomic mass is 35.5. The molecule has 2 atom stereocenters. The van der Waals surface area contributed by atoms with Crippen LogP contribution in [0.5, 0.6) is 11.5 Å². The number of benzene rings is 2. The summed E-state index contributed by atoms with van der Waals surface area (Å²) in [6, 6.07) is 12.3. The van der Waals surface area contributed by atoms with Crippen LogP contribution in [0.25, 0.3) is 0 Å². The van der Waals surface area contributed by atoms with Crippen molar-refractivity contribution >= 4 is 58.4 Å². The van der Waals surface area contributed by atoms with Gasteiger partial charge in [-0.1, -0.05) is 46.9 Å². The zero-order valence-electron chi connectivity index (χ0n) is 18.8. The van der Waals surface area contributed by atoms with Gasteiger partial charge in [-0.3, -0.25) is 9.59 Å². The van der Waals surface area contributed by atoms with Crippen LogP contribution in [0.4, 0.5) is 0 Å². The van der Waals surface area contributed by atoms with Gasteiger partial charge in [0.2, 0.25) is 5.91 Å². The molecule has 11 heteroatoms. The number of rotatable bonds is 9. The van der Waals surface area contributed by atoms with E-state index < -0.39 is 23.7 Å². The van der Waals surface area contributed by atoms with Crippen molar-refractivity contribution in [2.45, 2.75) is 12.8 Å². The van der Waals surface area contributed by atoms with Gasteiger partial charge in [-0.25, -0.2) is 0 Å². The summed E-state index contributed by atoms with van der Waals surface area (Å²) in [5.41, 5.74) is 0.592. The first-order chi connectivity index (χ1) is 16.8. The molecule has 0 spiro atoms. The van der Waals surface area contributed by atoms with E-state index in [1.807, 2.05) is 0 Å². The molecule has 2 aromatic carbocycles. The Hall–Kier alpha value is -2.57. The molecular formula is C24H21Cl3N2O5S. The number of carbonyl (C=O) groups is 2. The number of methoxy groups -OCH3 is 1. The second kappa shape index (κ2) is 12.4. The van der Waals surface area contributed by atoms with Crippen LogP contribution in [0.2, 0.25) is 15.1 Å². The third kappa shape index (κ3) is 6.17. The Bertz CT molecular complexity index is 1170. The molecule has 1 aliphatic rings. The average Bonchev–Trinajstić information content (AvgIpc) is 2.84. The molecule has 0 unspecified atom stereocenters. The second-order valence-electron chi connectivity index (χ2n) is 7.20. The van der Waals surface area contributed by atoms with Gasteiger partial charge in [0, 0.05) is 11.7 Å². The zero-order valence-corrected chi connectivity index (χ0v) is 21.9. The van der Waals surface area contributed by atoms with E-state index in [-0.39, 0.29) is 28.0 Å². The summed E-state index contributed by atoms with van der Waals surface area (Å²) in [5.74, 6) is -2.44. The number of halogens is 3. The van der Waals surface area contributed by atoms with Crippen LogP contribution >= 0.6 is 46.6 Å². The van der Waals surface area contributed by atoms with Crippen molar-refractivity contribution in [1.29, 1.82) is 5.26 Å². The maximum absolute atomic E-state index is 13.0. The molecule has 0 aromatic heterocycles. The number of para-hydroxylation sites is 1. The smallest absolute Gasteiger partial charge is 0.319 e. The van der Waals surface area contributed by atoms with Crippen molar-refractivity contribution in [3.05, 3.63) is 67.6 Å². The van der Waals surface area contributed by atoms with Gasteiger partial charge in [0.1, 0.15) is 11.7 Å². The van der Waals surface area contributed by atoms with Crippen molar-refractivity contribution < 1.29 is 23.8 Å². The van der Waals surface area contributed by atoms with Crippen molar-refractivity contribution in [3.63, 3.8) is 0 Å². The Balaban J connectivity index is 1.94. The third-order valence-electron chi connectivity index (χ3n) is 5.08. The molecule has 0 radical (unpaired) electrons. The highest BCUT2D eigenvalue weighted by Gasteiger charge is 2.44. The van der Waals surface area contributed by atoms with Crippen LogP contribution in [0.15, 0.2) is 47.0 Å². The maximum Gasteiger partial charge on any atom is 0.319 e. The lowest BCUT2D eigenvalue weighted by Gasteiger charge is -2.31.